The van der Waals surface area contributed by atoms with Crippen LogP contribution in [0.15, 0.2) is 42.5 Å². The molecule has 8 nitrogen and oxygen atoms in total. The summed E-state index contributed by atoms with van der Waals surface area (Å²) in [6.45, 7) is 3.44. The predicted molar refractivity (Wildman–Crippen MR) is 99.0 cm³/mol. The van der Waals surface area contributed by atoms with Gasteiger partial charge >= 0.3 is 5.97 Å². The molecule has 0 radical (unpaired) electrons. The number of amides is 1. The summed E-state index contributed by atoms with van der Waals surface area (Å²) >= 11 is 0. The predicted octanol–water partition coefficient (Wildman–Crippen LogP) is 3.35. The van der Waals surface area contributed by atoms with E-state index in [-0.39, 0.29) is 17.0 Å². The van der Waals surface area contributed by atoms with Crippen LogP contribution in [-0.2, 0) is 16.0 Å². The van der Waals surface area contributed by atoms with Crippen LogP contribution in [0.4, 0.5) is 11.4 Å². The molecule has 0 aliphatic heterocycles. The Morgan fingerprint density at radius 3 is 2.41 bits per heavy atom. The lowest BCUT2D eigenvalue weighted by Crippen LogP contribution is -2.30. The van der Waals surface area contributed by atoms with Gasteiger partial charge in [0.05, 0.1) is 12.0 Å². The number of nitro benzene ring substituents is 1. The summed E-state index contributed by atoms with van der Waals surface area (Å²) in [6.07, 6.45) is -0.222. The molecule has 1 N–H and O–H groups in total. The van der Waals surface area contributed by atoms with Crippen LogP contribution in [-0.4, -0.2) is 30.0 Å². The summed E-state index contributed by atoms with van der Waals surface area (Å²) in [5.41, 5.74) is 1.30. The number of non-ortho nitro benzene ring substituents is 1. The zero-order valence-corrected chi connectivity index (χ0v) is 15.2. The van der Waals surface area contributed by atoms with Gasteiger partial charge in [0.15, 0.2) is 6.10 Å². The van der Waals surface area contributed by atoms with E-state index in [9.17, 15) is 19.7 Å². The number of carbonyl (C=O) groups is 2. The number of aryl methyl sites for hydroxylation is 1. The molecule has 27 heavy (non-hydrogen) atoms. The monoisotopic (exact) mass is 372 g/mol. The smallest absolute Gasteiger partial charge is 0.342 e. The van der Waals surface area contributed by atoms with E-state index in [0.29, 0.717) is 5.69 Å². The second-order valence-corrected chi connectivity index (χ2v) is 5.73. The molecule has 0 heterocycles. The molecule has 0 fully saturated rings. The van der Waals surface area contributed by atoms with Gasteiger partial charge in [0.2, 0.25) is 0 Å². The van der Waals surface area contributed by atoms with E-state index in [2.05, 4.69) is 5.32 Å². The average Bonchev–Trinajstić information content (AvgIpc) is 2.67. The molecule has 1 atom stereocenters. The Morgan fingerprint density at radius 1 is 1.19 bits per heavy atom. The van der Waals surface area contributed by atoms with Crippen LogP contribution >= 0.6 is 0 Å². The molecule has 0 spiro atoms. The van der Waals surface area contributed by atoms with Crippen molar-refractivity contribution >= 4 is 23.3 Å². The first kappa shape index (κ1) is 19.9. The van der Waals surface area contributed by atoms with Crippen LogP contribution < -0.4 is 10.1 Å². The first-order valence-electron chi connectivity index (χ1n) is 8.29. The van der Waals surface area contributed by atoms with Gasteiger partial charge in [-0.05, 0) is 37.1 Å². The molecule has 0 aliphatic rings. The number of rotatable bonds is 7. The number of hydrogen-bond acceptors (Lipinski definition) is 6. The van der Waals surface area contributed by atoms with E-state index >= 15 is 0 Å². The normalized spacial score (nSPS) is 11.4. The maximum atomic E-state index is 12.3. The van der Waals surface area contributed by atoms with Crippen LogP contribution in [0.1, 0.15) is 29.8 Å². The SMILES string of the molecule is CCc1ccc(NC(=O)[C@H](C)OC(=O)c2cc([N+](=O)[O-])ccc2OC)cc1. The summed E-state index contributed by atoms with van der Waals surface area (Å²) in [7, 11) is 1.33. The van der Waals surface area contributed by atoms with Crippen LogP contribution in [0.25, 0.3) is 0 Å². The fourth-order valence-electron chi connectivity index (χ4n) is 2.31. The molecule has 2 aromatic rings. The zero-order valence-electron chi connectivity index (χ0n) is 15.2. The number of nitrogens with zero attached hydrogens (tertiary/aromatic N) is 1. The van der Waals surface area contributed by atoms with Crippen molar-refractivity contribution in [1.82, 2.24) is 0 Å². The minimum Gasteiger partial charge on any atom is -0.496 e. The lowest BCUT2D eigenvalue weighted by molar-refractivity contribution is -0.384. The Bertz CT molecular complexity index is 848. The van der Waals surface area contributed by atoms with Crippen molar-refractivity contribution in [3.63, 3.8) is 0 Å². The highest BCUT2D eigenvalue weighted by atomic mass is 16.6. The van der Waals surface area contributed by atoms with Gasteiger partial charge in [0.25, 0.3) is 11.6 Å². The van der Waals surface area contributed by atoms with E-state index in [1.54, 1.807) is 12.1 Å². The first-order valence-corrected chi connectivity index (χ1v) is 8.29. The second kappa shape index (κ2) is 8.79. The molecular formula is C19H20N2O6. The van der Waals surface area contributed by atoms with E-state index in [4.69, 9.17) is 9.47 Å². The highest BCUT2D eigenvalue weighted by molar-refractivity contribution is 5.98. The summed E-state index contributed by atoms with van der Waals surface area (Å²) in [4.78, 5) is 34.9. The number of benzene rings is 2. The molecule has 0 saturated carbocycles. The number of esters is 1. The van der Waals surface area contributed by atoms with E-state index in [1.165, 1.54) is 26.2 Å². The Labute approximate surface area is 156 Å². The molecule has 0 aromatic heterocycles. The van der Waals surface area contributed by atoms with Crippen molar-refractivity contribution in [1.29, 1.82) is 0 Å². The summed E-state index contributed by atoms with van der Waals surface area (Å²) in [5, 5.41) is 13.6. The van der Waals surface area contributed by atoms with Crippen LogP contribution in [0.5, 0.6) is 5.75 Å². The third-order valence-corrected chi connectivity index (χ3v) is 3.90. The molecule has 2 aromatic carbocycles. The maximum Gasteiger partial charge on any atom is 0.342 e. The molecule has 0 unspecified atom stereocenters. The topological polar surface area (TPSA) is 108 Å². The fourth-order valence-corrected chi connectivity index (χ4v) is 2.31. The summed E-state index contributed by atoms with van der Waals surface area (Å²) in [5.74, 6) is -1.29. The van der Waals surface area contributed by atoms with Gasteiger partial charge in [-0.1, -0.05) is 19.1 Å². The van der Waals surface area contributed by atoms with Gasteiger partial charge in [-0.2, -0.15) is 0 Å². The number of anilines is 1. The molecule has 0 bridgehead atoms. The van der Waals surface area contributed by atoms with Gasteiger partial charge < -0.3 is 14.8 Å². The van der Waals surface area contributed by atoms with Crippen molar-refractivity contribution in [2.24, 2.45) is 0 Å². The quantitative estimate of drug-likeness (QED) is 0.454. The summed E-state index contributed by atoms with van der Waals surface area (Å²) < 4.78 is 10.2. The van der Waals surface area contributed by atoms with Crippen LogP contribution in [0, 0.1) is 10.1 Å². The summed E-state index contributed by atoms with van der Waals surface area (Å²) in [6, 6.07) is 10.9. The molecule has 8 heteroatoms. The molecule has 2 rings (SSSR count). The van der Waals surface area contributed by atoms with Gasteiger partial charge in [-0.25, -0.2) is 4.79 Å². The van der Waals surface area contributed by atoms with Gasteiger partial charge in [-0.3, -0.25) is 14.9 Å². The highest BCUT2D eigenvalue weighted by Gasteiger charge is 2.23. The maximum absolute atomic E-state index is 12.3. The third kappa shape index (κ3) is 5.04. The minimum atomic E-state index is -1.10. The van der Waals surface area contributed by atoms with Crippen molar-refractivity contribution in [3.8, 4) is 5.75 Å². The van der Waals surface area contributed by atoms with Crippen LogP contribution in [0.3, 0.4) is 0 Å². The number of carbonyl (C=O) groups excluding carboxylic acids is 2. The molecule has 0 aliphatic carbocycles. The number of ether oxygens (including phenoxy) is 2. The Hall–Kier alpha value is -3.42. The number of hydrogen-bond donors (Lipinski definition) is 1. The van der Waals surface area contributed by atoms with Crippen molar-refractivity contribution in [3.05, 3.63) is 63.7 Å². The number of nitrogens with one attached hydrogen (secondary N) is 1. The zero-order chi connectivity index (χ0) is 20.0. The van der Waals surface area contributed by atoms with Gasteiger partial charge in [-0.15, -0.1) is 0 Å². The highest BCUT2D eigenvalue weighted by Crippen LogP contribution is 2.25. The van der Waals surface area contributed by atoms with Crippen molar-refractivity contribution in [2.45, 2.75) is 26.4 Å². The lowest BCUT2D eigenvalue weighted by Gasteiger charge is -2.15. The van der Waals surface area contributed by atoms with E-state index < -0.39 is 22.9 Å². The average molecular weight is 372 g/mol. The van der Waals surface area contributed by atoms with E-state index in [1.807, 2.05) is 19.1 Å². The van der Waals surface area contributed by atoms with Crippen LogP contribution in [0.2, 0.25) is 0 Å². The Morgan fingerprint density at radius 2 is 1.85 bits per heavy atom. The molecule has 142 valence electrons. The first-order chi connectivity index (χ1) is 12.8. The molecule has 1 amide bonds. The third-order valence-electron chi connectivity index (χ3n) is 3.90. The standard InChI is InChI=1S/C19H20N2O6/c1-4-13-5-7-14(8-6-13)20-18(22)12(2)27-19(23)16-11-15(21(24)25)9-10-17(16)26-3/h5-12H,4H2,1-3H3,(H,20,22)/t12-/m0/s1. The van der Waals surface area contributed by atoms with Gasteiger partial charge in [0, 0.05) is 17.8 Å². The minimum absolute atomic E-state index is 0.119. The van der Waals surface area contributed by atoms with E-state index in [0.717, 1.165) is 18.1 Å². The van der Waals surface area contributed by atoms with Crippen molar-refractivity contribution in [2.75, 3.05) is 12.4 Å². The Kier molecular flexibility index (Phi) is 6.48. The van der Waals surface area contributed by atoms with Crippen molar-refractivity contribution < 1.29 is 24.0 Å². The second-order valence-electron chi connectivity index (χ2n) is 5.73. The molecular weight excluding hydrogens is 352 g/mol. The Balaban J connectivity index is 2.08. The number of methoxy groups -OCH3 is 1. The largest absolute Gasteiger partial charge is 0.496 e. The van der Waals surface area contributed by atoms with Gasteiger partial charge in [0.1, 0.15) is 11.3 Å². The fraction of sp³-hybridized carbons (Fsp3) is 0.263. The molecule has 0 saturated heterocycles. The number of nitro groups is 1. The lowest BCUT2D eigenvalue weighted by atomic mass is 10.1.